The van der Waals surface area contributed by atoms with E-state index < -0.39 is 0 Å². The molecule has 0 atom stereocenters. The van der Waals surface area contributed by atoms with Crippen molar-refractivity contribution in [2.45, 2.75) is 13.1 Å². The average molecular weight is 335 g/mol. The molecule has 1 aromatic carbocycles. The molecule has 0 N–H and O–H groups in total. The van der Waals surface area contributed by atoms with Crippen LogP contribution in [0.3, 0.4) is 0 Å². The number of nitrogens with zero attached hydrogens (tertiary/aromatic N) is 2. The van der Waals surface area contributed by atoms with Crippen LogP contribution in [0.5, 0.6) is 5.88 Å². The number of aromatic nitrogens is 1. The molecule has 0 radical (unpaired) electrons. The second-order valence-electron chi connectivity index (χ2n) is 4.56. The van der Waals surface area contributed by atoms with Crippen molar-refractivity contribution < 1.29 is 4.74 Å². The second kappa shape index (κ2) is 8.02. The topological polar surface area (TPSA) is 25.4 Å². The van der Waals surface area contributed by atoms with Gasteiger partial charge in [0.05, 0.1) is 12.8 Å². The molecule has 0 saturated carbocycles. The predicted molar refractivity (Wildman–Crippen MR) is 85.1 cm³/mol. The zero-order valence-corrected chi connectivity index (χ0v) is 13.2. The van der Waals surface area contributed by atoms with Gasteiger partial charge in [0.25, 0.3) is 0 Å². The van der Waals surface area contributed by atoms with Crippen molar-refractivity contribution in [2.75, 3.05) is 19.0 Å². The first-order chi connectivity index (χ1) is 9.81. The van der Waals surface area contributed by atoms with E-state index in [-0.39, 0.29) is 0 Å². The van der Waals surface area contributed by atoms with Gasteiger partial charge >= 0.3 is 0 Å². The zero-order valence-electron chi connectivity index (χ0n) is 11.6. The number of ether oxygens (including phenoxy) is 1. The standard InChI is InChI=1S/C16H19BrN2O/c1-20-16-9-5-8-15(18-16)13-19(11-10-17)12-14-6-3-2-4-7-14/h2-9H,10-13H2,1H3. The fourth-order valence-electron chi connectivity index (χ4n) is 2.06. The Hall–Kier alpha value is -1.39. The maximum absolute atomic E-state index is 5.18. The van der Waals surface area contributed by atoms with Crippen molar-refractivity contribution in [3.05, 3.63) is 59.8 Å². The Labute approximate surface area is 128 Å². The largest absolute Gasteiger partial charge is 0.481 e. The average Bonchev–Trinajstić information content (AvgIpc) is 2.49. The van der Waals surface area contributed by atoms with Gasteiger partial charge in [-0.25, -0.2) is 4.98 Å². The van der Waals surface area contributed by atoms with Crippen LogP contribution in [0.4, 0.5) is 0 Å². The molecule has 0 amide bonds. The lowest BCUT2D eigenvalue weighted by Crippen LogP contribution is -2.25. The van der Waals surface area contributed by atoms with Gasteiger partial charge < -0.3 is 4.74 Å². The van der Waals surface area contributed by atoms with Crippen molar-refractivity contribution in [1.82, 2.24) is 9.88 Å². The third-order valence-electron chi connectivity index (χ3n) is 3.03. The van der Waals surface area contributed by atoms with Crippen LogP contribution in [0.25, 0.3) is 0 Å². The lowest BCUT2D eigenvalue weighted by molar-refractivity contribution is 0.269. The van der Waals surface area contributed by atoms with Gasteiger partial charge in [0, 0.05) is 31.0 Å². The van der Waals surface area contributed by atoms with Crippen LogP contribution < -0.4 is 4.74 Å². The summed E-state index contributed by atoms with van der Waals surface area (Å²) in [6, 6.07) is 16.4. The minimum Gasteiger partial charge on any atom is -0.481 e. The summed E-state index contributed by atoms with van der Waals surface area (Å²) < 4.78 is 5.18. The third kappa shape index (κ3) is 4.62. The molecule has 0 aliphatic heterocycles. The highest BCUT2D eigenvalue weighted by Gasteiger charge is 2.08. The number of halogens is 1. The summed E-state index contributed by atoms with van der Waals surface area (Å²) in [6.45, 7) is 2.72. The normalized spacial score (nSPS) is 10.8. The first kappa shape index (κ1) is 15.0. The summed E-state index contributed by atoms with van der Waals surface area (Å²) in [5.41, 5.74) is 2.34. The minimum atomic E-state index is 0.668. The summed E-state index contributed by atoms with van der Waals surface area (Å²) in [4.78, 5) is 6.84. The first-order valence-corrected chi connectivity index (χ1v) is 7.76. The molecular weight excluding hydrogens is 316 g/mol. The van der Waals surface area contributed by atoms with Gasteiger partial charge in [0.1, 0.15) is 0 Å². The van der Waals surface area contributed by atoms with E-state index in [1.165, 1.54) is 5.56 Å². The van der Waals surface area contributed by atoms with Gasteiger partial charge in [-0.1, -0.05) is 52.3 Å². The highest BCUT2D eigenvalue weighted by atomic mass is 79.9. The molecule has 0 aliphatic carbocycles. The van der Waals surface area contributed by atoms with Gasteiger partial charge in [-0.2, -0.15) is 0 Å². The number of benzene rings is 1. The number of hydrogen-bond acceptors (Lipinski definition) is 3. The van der Waals surface area contributed by atoms with Crippen molar-refractivity contribution in [3.63, 3.8) is 0 Å². The molecule has 2 rings (SSSR count). The fraction of sp³-hybridized carbons (Fsp3) is 0.312. The number of alkyl halides is 1. The molecular formula is C16H19BrN2O. The van der Waals surface area contributed by atoms with Crippen molar-refractivity contribution in [3.8, 4) is 5.88 Å². The summed E-state index contributed by atoms with van der Waals surface area (Å²) >= 11 is 3.52. The molecule has 1 aromatic heterocycles. The SMILES string of the molecule is COc1cccc(CN(CCBr)Cc2ccccc2)n1. The van der Waals surface area contributed by atoms with E-state index in [0.29, 0.717) is 5.88 Å². The molecule has 4 heteroatoms. The number of rotatable bonds is 7. The minimum absolute atomic E-state index is 0.668. The third-order valence-corrected chi connectivity index (χ3v) is 3.38. The Balaban J connectivity index is 2.04. The molecule has 3 nitrogen and oxygen atoms in total. The van der Waals surface area contributed by atoms with E-state index in [4.69, 9.17) is 4.74 Å². The van der Waals surface area contributed by atoms with Crippen molar-refractivity contribution >= 4 is 15.9 Å². The smallest absolute Gasteiger partial charge is 0.213 e. The molecule has 106 valence electrons. The lowest BCUT2D eigenvalue weighted by atomic mass is 10.2. The van der Waals surface area contributed by atoms with Crippen LogP contribution in [-0.4, -0.2) is 28.9 Å². The Morgan fingerprint density at radius 3 is 2.55 bits per heavy atom. The van der Waals surface area contributed by atoms with E-state index in [9.17, 15) is 0 Å². The molecule has 0 fully saturated rings. The molecule has 1 heterocycles. The highest BCUT2D eigenvalue weighted by molar-refractivity contribution is 9.09. The predicted octanol–water partition coefficient (Wildman–Crippen LogP) is 3.49. The number of hydrogen-bond donors (Lipinski definition) is 0. The van der Waals surface area contributed by atoms with E-state index in [2.05, 4.69) is 50.1 Å². The zero-order chi connectivity index (χ0) is 14.2. The van der Waals surface area contributed by atoms with Crippen LogP contribution in [0, 0.1) is 0 Å². The maximum atomic E-state index is 5.18. The van der Waals surface area contributed by atoms with Crippen LogP contribution >= 0.6 is 15.9 Å². The lowest BCUT2D eigenvalue weighted by Gasteiger charge is -2.21. The monoisotopic (exact) mass is 334 g/mol. The van der Waals surface area contributed by atoms with E-state index in [0.717, 1.165) is 30.7 Å². The van der Waals surface area contributed by atoms with Crippen LogP contribution in [-0.2, 0) is 13.1 Å². The van der Waals surface area contributed by atoms with Crippen LogP contribution in [0.15, 0.2) is 48.5 Å². The number of pyridine rings is 1. The number of methoxy groups -OCH3 is 1. The summed E-state index contributed by atoms with van der Waals surface area (Å²) in [7, 11) is 1.65. The van der Waals surface area contributed by atoms with Crippen molar-refractivity contribution in [1.29, 1.82) is 0 Å². The van der Waals surface area contributed by atoms with Crippen molar-refractivity contribution in [2.24, 2.45) is 0 Å². The van der Waals surface area contributed by atoms with Crippen LogP contribution in [0.2, 0.25) is 0 Å². The van der Waals surface area contributed by atoms with Gasteiger partial charge in [0.2, 0.25) is 5.88 Å². The molecule has 0 saturated heterocycles. The van der Waals surface area contributed by atoms with Gasteiger partial charge in [-0.15, -0.1) is 0 Å². The summed E-state index contributed by atoms with van der Waals surface area (Å²) in [6.07, 6.45) is 0. The molecule has 2 aromatic rings. The van der Waals surface area contributed by atoms with E-state index in [1.54, 1.807) is 7.11 Å². The molecule has 20 heavy (non-hydrogen) atoms. The van der Waals surface area contributed by atoms with Gasteiger partial charge in [0.15, 0.2) is 0 Å². The summed E-state index contributed by atoms with van der Waals surface area (Å²) in [5.74, 6) is 0.668. The molecule has 0 bridgehead atoms. The Morgan fingerprint density at radius 1 is 1.05 bits per heavy atom. The maximum Gasteiger partial charge on any atom is 0.213 e. The first-order valence-electron chi connectivity index (χ1n) is 6.64. The van der Waals surface area contributed by atoms with Gasteiger partial charge in [-0.05, 0) is 11.6 Å². The highest BCUT2D eigenvalue weighted by Crippen LogP contribution is 2.12. The molecule has 0 unspecified atom stereocenters. The molecule has 0 spiro atoms. The van der Waals surface area contributed by atoms with E-state index in [1.807, 2.05) is 24.3 Å². The van der Waals surface area contributed by atoms with Gasteiger partial charge in [-0.3, -0.25) is 4.90 Å². The van der Waals surface area contributed by atoms with E-state index >= 15 is 0 Å². The quantitative estimate of drug-likeness (QED) is 0.725. The Morgan fingerprint density at radius 2 is 1.85 bits per heavy atom. The fourth-order valence-corrected chi connectivity index (χ4v) is 2.57. The molecule has 0 aliphatic rings. The Kier molecular flexibility index (Phi) is 6.02. The Bertz CT molecular complexity index is 519. The summed E-state index contributed by atoms with van der Waals surface area (Å²) in [5, 5.41) is 0.948. The van der Waals surface area contributed by atoms with Crippen LogP contribution in [0.1, 0.15) is 11.3 Å². The second-order valence-corrected chi connectivity index (χ2v) is 5.35.